The van der Waals surface area contributed by atoms with Crippen molar-refractivity contribution in [2.75, 3.05) is 5.75 Å². The Balaban J connectivity index is 2.55. The molecule has 2 N–H and O–H groups in total. The number of hydrogen-bond acceptors (Lipinski definition) is 2. The molecule has 76 valence electrons. The normalized spacial score (nSPS) is 10.1. The van der Waals surface area contributed by atoms with Gasteiger partial charge in [-0.1, -0.05) is 17.7 Å². The predicted octanol–water partition coefficient (Wildman–Crippen LogP) is 2.27. The van der Waals surface area contributed by atoms with E-state index in [-0.39, 0.29) is 5.91 Å². The van der Waals surface area contributed by atoms with Crippen LogP contribution in [0.2, 0.25) is 0 Å². The third-order valence-electron chi connectivity index (χ3n) is 1.94. The highest BCUT2D eigenvalue weighted by atomic mass is 32.2. The molecule has 1 rings (SSSR count). The van der Waals surface area contributed by atoms with Crippen molar-refractivity contribution >= 4 is 17.7 Å². The van der Waals surface area contributed by atoms with Gasteiger partial charge in [0.2, 0.25) is 5.91 Å². The second-order valence-corrected chi connectivity index (χ2v) is 4.47. The highest BCUT2D eigenvalue weighted by Crippen LogP contribution is 2.23. The molecule has 3 heteroatoms. The molecule has 0 aliphatic carbocycles. The number of hydrogen-bond donors (Lipinski definition) is 1. The van der Waals surface area contributed by atoms with E-state index in [9.17, 15) is 4.79 Å². The number of amides is 1. The first-order chi connectivity index (χ1) is 6.59. The summed E-state index contributed by atoms with van der Waals surface area (Å²) in [7, 11) is 0. The van der Waals surface area contributed by atoms with Crippen LogP contribution in [0.3, 0.4) is 0 Å². The van der Waals surface area contributed by atoms with Crippen LogP contribution in [-0.2, 0) is 4.79 Å². The lowest BCUT2D eigenvalue weighted by Crippen LogP contribution is -2.10. The number of carbonyl (C=O) groups excluding carboxylic acids is 1. The maximum Gasteiger partial charge on any atom is 0.218 e. The molecule has 0 spiro atoms. The number of thioether (sulfide) groups is 1. The summed E-state index contributed by atoms with van der Waals surface area (Å²) in [4.78, 5) is 11.8. The number of primary amides is 1. The van der Waals surface area contributed by atoms with Crippen LogP contribution in [0.1, 0.15) is 17.5 Å². The van der Waals surface area contributed by atoms with E-state index >= 15 is 0 Å². The van der Waals surface area contributed by atoms with Gasteiger partial charge in [0.15, 0.2) is 0 Å². The van der Waals surface area contributed by atoms with Crippen molar-refractivity contribution in [3.05, 3.63) is 29.3 Å². The standard InChI is InChI=1S/C11H15NOS/c1-8-3-4-10(9(2)7-8)14-6-5-11(12)13/h3-4,7H,5-6H2,1-2H3,(H2,12,13). The summed E-state index contributed by atoms with van der Waals surface area (Å²) < 4.78 is 0. The Labute approximate surface area is 88.9 Å². The van der Waals surface area contributed by atoms with Gasteiger partial charge in [-0.2, -0.15) is 0 Å². The number of benzene rings is 1. The maximum atomic E-state index is 10.5. The van der Waals surface area contributed by atoms with Crippen LogP contribution in [-0.4, -0.2) is 11.7 Å². The summed E-state index contributed by atoms with van der Waals surface area (Å²) in [6.07, 6.45) is 0.442. The molecule has 0 saturated carbocycles. The summed E-state index contributed by atoms with van der Waals surface area (Å²) in [6.45, 7) is 4.16. The Morgan fingerprint density at radius 3 is 2.71 bits per heavy atom. The molecule has 0 bridgehead atoms. The Hall–Kier alpha value is -0.960. The molecule has 0 heterocycles. The highest BCUT2D eigenvalue weighted by Gasteiger charge is 2.00. The zero-order chi connectivity index (χ0) is 10.6. The topological polar surface area (TPSA) is 43.1 Å². The van der Waals surface area contributed by atoms with Crippen molar-refractivity contribution in [3.8, 4) is 0 Å². The van der Waals surface area contributed by atoms with Crippen molar-refractivity contribution in [3.63, 3.8) is 0 Å². The number of carbonyl (C=O) groups is 1. The van der Waals surface area contributed by atoms with Crippen LogP contribution in [0, 0.1) is 13.8 Å². The third-order valence-corrected chi connectivity index (χ3v) is 3.11. The summed E-state index contributed by atoms with van der Waals surface area (Å²) in [5.41, 5.74) is 7.60. The first-order valence-electron chi connectivity index (χ1n) is 4.58. The molecule has 1 aromatic carbocycles. The molecule has 0 aromatic heterocycles. The fraction of sp³-hybridized carbons (Fsp3) is 0.364. The van der Waals surface area contributed by atoms with Gasteiger partial charge in [-0.05, 0) is 25.5 Å². The van der Waals surface area contributed by atoms with E-state index in [1.807, 2.05) is 0 Å². The van der Waals surface area contributed by atoms with E-state index < -0.39 is 0 Å². The lowest BCUT2D eigenvalue weighted by molar-refractivity contribution is -0.117. The second-order valence-electron chi connectivity index (χ2n) is 3.33. The number of aryl methyl sites for hydroxylation is 2. The van der Waals surface area contributed by atoms with Crippen LogP contribution in [0.5, 0.6) is 0 Å². The lowest BCUT2D eigenvalue weighted by atomic mass is 10.2. The van der Waals surface area contributed by atoms with Crippen LogP contribution in [0.4, 0.5) is 0 Å². The average Bonchev–Trinajstić information content (AvgIpc) is 2.08. The molecular weight excluding hydrogens is 194 g/mol. The first-order valence-corrected chi connectivity index (χ1v) is 5.56. The SMILES string of the molecule is Cc1ccc(SCCC(N)=O)c(C)c1. The van der Waals surface area contributed by atoms with Crippen LogP contribution < -0.4 is 5.73 Å². The molecule has 0 fully saturated rings. The summed E-state index contributed by atoms with van der Waals surface area (Å²) >= 11 is 1.68. The minimum Gasteiger partial charge on any atom is -0.370 e. The fourth-order valence-corrected chi connectivity index (χ4v) is 2.20. The number of nitrogens with two attached hydrogens (primary N) is 1. The molecule has 1 aromatic rings. The zero-order valence-corrected chi connectivity index (χ0v) is 9.36. The van der Waals surface area contributed by atoms with Crippen LogP contribution in [0.25, 0.3) is 0 Å². The summed E-state index contributed by atoms with van der Waals surface area (Å²) in [5.74, 6) is 0.529. The molecular formula is C11H15NOS. The van der Waals surface area contributed by atoms with Gasteiger partial charge in [-0.25, -0.2) is 0 Å². The molecule has 2 nitrogen and oxygen atoms in total. The molecule has 0 radical (unpaired) electrons. The van der Waals surface area contributed by atoms with Gasteiger partial charge in [0.1, 0.15) is 0 Å². The fourth-order valence-electron chi connectivity index (χ4n) is 1.22. The lowest BCUT2D eigenvalue weighted by Gasteiger charge is -2.05. The van der Waals surface area contributed by atoms with Gasteiger partial charge in [-0.3, -0.25) is 4.79 Å². The molecule has 1 amide bonds. The van der Waals surface area contributed by atoms with E-state index in [2.05, 4.69) is 32.0 Å². The zero-order valence-electron chi connectivity index (χ0n) is 8.54. The third kappa shape index (κ3) is 3.42. The predicted molar refractivity (Wildman–Crippen MR) is 60.5 cm³/mol. The van der Waals surface area contributed by atoms with Gasteiger partial charge >= 0.3 is 0 Å². The van der Waals surface area contributed by atoms with Crippen molar-refractivity contribution < 1.29 is 4.79 Å². The van der Waals surface area contributed by atoms with Gasteiger partial charge < -0.3 is 5.73 Å². The molecule has 0 unspecified atom stereocenters. The van der Waals surface area contributed by atoms with Gasteiger partial charge in [0.05, 0.1) is 0 Å². The van der Waals surface area contributed by atoms with Crippen molar-refractivity contribution in [1.82, 2.24) is 0 Å². The Bertz CT molecular complexity index is 336. The van der Waals surface area contributed by atoms with E-state index in [0.717, 1.165) is 5.75 Å². The molecule has 14 heavy (non-hydrogen) atoms. The first kappa shape index (κ1) is 11.1. The smallest absolute Gasteiger partial charge is 0.218 e. The van der Waals surface area contributed by atoms with Gasteiger partial charge in [0.25, 0.3) is 0 Å². The van der Waals surface area contributed by atoms with E-state index in [1.54, 1.807) is 11.8 Å². The van der Waals surface area contributed by atoms with Gasteiger partial charge in [0, 0.05) is 17.1 Å². The second kappa shape index (κ2) is 5.05. The summed E-state index contributed by atoms with van der Waals surface area (Å²) in [5, 5.41) is 0. The highest BCUT2D eigenvalue weighted by molar-refractivity contribution is 7.99. The number of rotatable bonds is 4. The molecule has 0 atom stereocenters. The minimum atomic E-state index is -0.234. The van der Waals surface area contributed by atoms with E-state index in [0.29, 0.717) is 6.42 Å². The van der Waals surface area contributed by atoms with Crippen molar-refractivity contribution in [2.45, 2.75) is 25.2 Å². The Morgan fingerprint density at radius 1 is 1.43 bits per heavy atom. The maximum absolute atomic E-state index is 10.5. The molecule has 0 aliphatic heterocycles. The Morgan fingerprint density at radius 2 is 2.14 bits per heavy atom. The average molecular weight is 209 g/mol. The van der Waals surface area contributed by atoms with Crippen molar-refractivity contribution in [1.29, 1.82) is 0 Å². The Kier molecular flexibility index (Phi) is 4.01. The van der Waals surface area contributed by atoms with E-state index in [4.69, 9.17) is 5.73 Å². The quantitative estimate of drug-likeness (QED) is 0.773. The molecule has 0 aliphatic rings. The van der Waals surface area contributed by atoms with Crippen LogP contribution in [0.15, 0.2) is 23.1 Å². The van der Waals surface area contributed by atoms with Gasteiger partial charge in [-0.15, -0.1) is 11.8 Å². The van der Waals surface area contributed by atoms with Crippen molar-refractivity contribution in [2.24, 2.45) is 5.73 Å². The monoisotopic (exact) mass is 209 g/mol. The summed E-state index contributed by atoms with van der Waals surface area (Å²) in [6, 6.07) is 6.32. The van der Waals surface area contributed by atoms with E-state index in [1.165, 1.54) is 16.0 Å². The largest absolute Gasteiger partial charge is 0.370 e. The van der Waals surface area contributed by atoms with Crippen LogP contribution >= 0.6 is 11.8 Å². The molecule has 0 saturated heterocycles. The minimum absolute atomic E-state index is 0.234.